The number of rotatable bonds is 5. The highest BCUT2D eigenvalue weighted by atomic mass is 79.9. The highest BCUT2D eigenvalue weighted by molar-refractivity contribution is 9.10. The Bertz CT molecular complexity index is 1120. The van der Waals surface area contributed by atoms with E-state index in [0.29, 0.717) is 17.3 Å². The van der Waals surface area contributed by atoms with E-state index in [9.17, 15) is 4.79 Å². The van der Waals surface area contributed by atoms with E-state index >= 15 is 0 Å². The number of H-pyrrole nitrogens is 1. The lowest BCUT2D eigenvalue weighted by Gasteiger charge is -2.10. The zero-order valence-electron chi connectivity index (χ0n) is 14.2. The minimum absolute atomic E-state index is 0.0281. The van der Waals surface area contributed by atoms with Gasteiger partial charge in [0.2, 0.25) is 5.95 Å². The highest BCUT2D eigenvalue weighted by Gasteiger charge is 2.08. The molecule has 27 heavy (non-hydrogen) atoms. The van der Waals surface area contributed by atoms with E-state index in [4.69, 9.17) is 0 Å². The molecular weight excluding hydrogens is 410 g/mol. The van der Waals surface area contributed by atoms with Gasteiger partial charge in [0, 0.05) is 23.1 Å². The summed E-state index contributed by atoms with van der Waals surface area (Å²) in [5.74, 6) is 1.06. The van der Waals surface area contributed by atoms with Gasteiger partial charge in [-0.05, 0) is 65.3 Å². The maximum atomic E-state index is 11.4. The molecule has 0 bridgehead atoms. The van der Waals surface area contributed by atoms with Gasteiger partial charge in [-0.2, -0.15) is 20.4 Å². The summed E-state index contributed by atoms with van der Waals surface area (Å²) in [5, 5.41) is 17.0. The number of benzene rings is 2. The molecule has 4 aromatic rings. The Labute approximate surface area is 162 Å². The third kappa shape index (κ3) is 3.77. The largest absolute Gasteiger partial charge is 0.339 e. The molecule has 8 nitrogen and oxygen atoms in total. The number of halogens is 1. The number of carbonyl (C=O) groups excluding carboxylic acids is 1. The molecule has 0 aliphatic heterocycles. The number of fused-ring (bicyclic) bond motifs is 1. The molecule has 134 valence electrons. The number of aromatic amines is 1. The monoisotopic (exact) mass is 423 g/mol. The zero-order valence-corrected chi connectivity index (χ0v) is 15.8. The quantitative estimate of drug-likeness (QED) is 0.412. The molecule has 0 aliphatic rings. The van der Waals surface area contributed by atoms with Gasteiger partial charge in [0.05, 0.1) is 4.47 Å². The van der Waals surface area contributed by atoms with Crippen LogP contribution in [-0.2, 0) is 0 Å². The Hall–Kier alpha value is -3.33. The summed E-state index contributed by atoms with van der Waals surface area (Å²) >= 11 is 3.45. The molecular formula is C18H14BrN7O. The number of aromatic nitrogens is 5. The molecule has 2 aromatic heterocycles. The Kier molecular flexibility index (Phi) is 4.51. The lowest BCUT2D eigenvalue weighted by Crippen LogP contribution is -2.02. The van der Waals surface area contributed by atoms with Crippen LogP contribution >= 0.6 is 15.9 Å². The Morgan fingerprint density at radius 3 is 2.52 bits per heavy atom. The molecule has 0 radical (unpaired) electrons. The Balaban J connectivity index is 1.56. The van der Waals surface area contributed by atoms with Crippen LogP contribution in [-0.4, -0.2) is 31.2 Å². The van der Waals surface area contributed by atoms with Crippen LogP contribution < -0.4 is 10.6 Å². The lowest BCUT2D eigenvalue weighted by atomic mass is 10.1. The number of hydrogen-bond acceptors (Lipinski definition) is 7. The maximum absolute atomic E-state index is 11.4. The van der Waals surface area contributed by atoms with Crippen molar-refractivity contribution in [3.05, 3.63) is 58.7 Å². The van der Waals surface area contributed by atoms with Gasteiger partial charge in [-0.25, -0.2) is 4.98 Å². The second kappa shape index (κ2) is 7.12. The standard InChI is InChI=1S/C18H14BrN7O/c1-10(27)11-2-4-12(5-3-11)21-17-14(19)9-20-18(23-17)22-13-6-7-15-16(8-13)25-26-24-15/h2-9H,1H3,(H,24,25,26)(H2,20,21,22,23). The van der Waals surface area contributed by atoms with Gasteiger partial charge >= 0.3 is 0 Å². The van der Waals surface area contributed by atoms with Gasteiger partial charge in [0.25, 0.3) is 0 Å². The number of Topliss-reactive ketones (excluding diaryl/α,β-unsaturated/α-hetero) is 1. The first-order valence-electron chi connectivity index (χ1n) is 8.06. The average molecular weight is 424 g/mol. The lowest BCUT2D eigenvalue weighted by molar-refractivity contribution is 0.101. The second-order valence-electron chi connectivity index (χ2n) is 5.80. The third-order valence-electron chi connectivity index (χ3n) is 3.87. The molecule has 0 aliphatic carbocycles. The Morgan fingerprint density at radius 1 is 1.00 bits per heavy atom. The first-order valence-corrected chi connectivity index (χ1v) is 8.86. The van der Waals surface area contributed by atoms with Crippen LogP contribution in [0.4, 0.5) is 23.1 Å². The summed E-state index contributed by atoms with van der Waals surface area (Å²) in [7, 11) is 0. The molecule has 0 unspecified atom stereocenters. The van der Waals surface area contributed by atoms with Gasteiger partial charge in [-0.3, -0.25) is 4.79 Å². The van der Waals surface area contributed by atoms with Crippen LogP contribution in [0.25, 0.3) is 11.0 Å². The van der Waals surface area contributed by atoms with E-state index in [1.54, 1.807) is 18.3 Å². The topological polar surface area (TPSA) is 108 Å². The van der Waals surface area contributed by atoms with Crippen LogP contribution in [0.2, 0.25) is 0 Å². The zero-order chi connectivity index (χ0) is 18.8. The minimum atomic E-state index is 0.0281. The predicted molar refractivity (Wildman–Crippen MR) is 107 cm³/mol. The van der Waals surface area contributed by atoms with Gasteiger partial charge in [0.1, 0.15) is 16.9 Å². The van der Waals surface area contributed by atoms with Crippen LogP contribution in [0.5, 0.6) is 0 Å². The fraction of sp³-hybridized carbons (Fsp3) is 0.0556. The second-order valence-corrected chi connectivity index (χ2v) is 6.66. The number of ketones is 1. The van der Waals surface area contributed by atoms with Crippen molar-refractivity contribution in [2.75, 3.05) is 10.6 Å². The Morgan fingerprint density at radius 2 is 1.74 bits per heavy atom. The highest BCUT2D eigenvalue weighted by Crippen LogP contribution is 2.26. The summed E-state index contributed by atoms with van der Waals surface area (Å²) in [6.07, 6.45) is 1.66. The summed E-state index contributed by atoms with van der Waals surface area (Å²) < 4.78 is 0.718. The van der Waals surface area contributed by atoms with E-state index in [1.807, 2.05) is 30.3 Å². The number of anilines is 4. The fourth-order valence-electron chi connectivity index (χ4n) is 2.49. The van der Waals surface area contributed by atoms with Gasteiger partial charge < -0.3 is 10.6 Å². The van der Waals surface area contributed by atoms with Crippen LogP contribution in [0.3, 0.4) is 0 Å². The third-order valence-corrected chi connectivity index (χ3v) is 4.45. The number of hydrogen-bond donors (Lipinski definition) is 3. The van der Waals surface area contributed by atoms with Crippen molar-refractivity contribution in [3.8, 4) is 0 Å². The first-order chi connectivity index (χ1) is 13.1. The molecule has 2 heterocycles. The van der Waals surface area contributed by atoms with Crippen LogP contribution in [0.1, 0.15) is 17.3 Å². The first kappa shape index (κ1) is 17.1. The minimum Gasteiger partial charge on any atom is -0.339 e. The van der Waals surface area contributed by atoms with E-state index in [-0.39, 0.29) is 5.78 Å². The molecule has 0 amide bonds. The molecule has 0 atom stereocenters. The van der Waals surface area contributed by atoms with Gasteiger partial charge in [0.15, 0.2) is 5.78 Å². The van der Waals surface area contributed by atoms with Crippen molar-refractivity contribution in [3.63, 3.8) is 0 Å². The van der Waals surface area contributed by atoms with Crippen molar-refractivity contribution in [1.82, 2.24) is 25.4 Å². The van der Waals surface area contributed by atoms with Crippen molar-refractivity contribution in [2.24, 2.45) is 0 Å². The summed E-state index contributed by atoms with van der Waals surface area (Å²) in [6, 6.07) is 12.8. The van der Waals surface area contributed by atoms with E-state index < -0.39 is 0 Å². The fourth-order valence-corrected chi connectivity index (χ4v) is 2.78. The molecule has 4 rings (SSSR count). The van der Waals surface area contributed by atoms with Crippen molar-refractivity contribution in [2.45, 2.75) is 6.92 Å². The van der Waals surface area contributed by atoms with Crippen LogP contribution in [0.15, 0.2) is 53.1 Å². The van der Waals surface area contributed by atoms with Crippen LogP contribution in [0, 0.1) is 0 Å². The SMILES string of the molecule is CC(=O)c1ccc(Nc2nc(Nc3ccc4n[nH]nc4c3)ncc2Br)cc1. The van der Waals surface area contributed by atoms with Gasteiger partial charge in [-0.15, -0.1) is 0 Å². The van der Waals surface area contributed by atoms with Crippen molar-refractivity contribution >= 4 is 55.9 Å². The molecule has 3 N–H and O–H groups in total. The normalized spacial score (nSPS) is 10.7. The van der Waals surface area contributed by atoms with E-state index in [2.05, 4.69) is 51.9 Å². The predicted octanol–water partition coefficient (Wildman–Crippen LogP) is 4.20. The van der Waals surface area contributed by atoms with E-state index in [1.165, 1.54) is 6.92 Å². The molecule has 2 aromatic carbocycles. The van der Waals surface area contributed by atoms with E-state index in [0.717, 1.165) is 26.9 Å². The smallest absolute Gasteiger partial charge is 0.229 e. The van der Waals surface area contributed by atoms with Crippen molar-refractivity contribution < 1.29 is 4.79 Å². The maximum Gasteiger partial charge on any atom is 0.229 e. The molecule has 0 spiro atoms. The summed E-state index contributed by atoms with van der Waals surface area (Å²) in [4.78, 5) is 20.2. The molecule has 9 heteroatoms. The molecule has 0 fully saturated rings. The summed E-state index contributed by atoms with van der Waals surface area (Å²) in [5.41, 5.74) is 3.81. The molecule has 0 saturated heterocycles. The number of nitrogens with zero attached hydrogens (tertiary/aromatic N) is 4. The number of carbonyl (C=O) groups is 1. The summed E-state index contributed by atoms with van der Waals surface area (Å²) in [6.45, 7) is 1.54. The molecule has 0 saturated carbocycles. The average Bonchev–Trinajstić information content (AvgIpc) is 3.13. The number of nitrogens with one attached hydrogen (secondary N) is 3. The van der Waals surface area contributed by atoms with Gasteiger partial charge in [-0.1, -0.05) is 0 Å². The van der Waals surface area contributed by atoms with Crippen molar-refractivity contribution in [1.29, 1.82) is 0 Å².